The van der Waals surface area contributed by atoms with Crippen molar-refractivity contribution in [3.8, 4) is 5.75 Å². The largest absolute Gasteiger partial charge is 0.497 e. The van der Waals surface area contributed by atoms with Crippen molar-refractivity contribution in [1.82, 2.24) is 0 Å². The van der Waals surface area contributed by atoms with Gasteiger partial charge in [0.2, 0.25) is 0 Å². The van der Waals surface area contributed by atoms with Crippen molar-refractivity contribution in [2.45, 2.75) is 115 Å². The van der Waals surface area contributed by atoms with Gasteiger partial charge in [0.1, 0.15) is 11.9 Å². The Morgan fingerprint density at radius 2 is 1.11 bits per heavy atom. The molecule has 0 aliphatic rings. The summed E-state index contributed by atoms with van der Waals surface area (Å²) in [6.07, 6.45) is 24.2. The van der Waals surface area contributed by atoms with Crippen LogP contribution in [0.2, 0.25) is 0 Å². The first-order valence-corrected chi connectivity index (χ1v) is 14.9. The van der Waals surface area contributed by atoms with Gasteiger partial charge in [-0.2, -0.15) is 0 Å². The Bertz CT molecular complexity index is 628. The predicted molar refractivity (Wildman–Crippen MR) is 157 cm³/mol. The quantitative estimate of drug-likeness (QED) is 0.0821. The molecule has 1 aromatic carbocycles. The first-order valence-electron chi connectivity index (χ1n) is 14.9. The van der Waals surface area contributed by atoms with Gasteiger partial charge in [0.05, 0.1) is 26.9 Å². The van der Waals surface area contributed by atoms with Crippen molar-refractivity contribution in [2.24, 2.45) is 0 Å². The van der Waals surface area contributed by atoms with Crippen LogP contribution in [0.3, 0.4) is 0 Å². The maximum absolute atomic E-state index is 6.18. The number of unbranched alkanes of at least 4 members (excludes halogenated alkanes) is 14. The minimum absolute atomic E-state index is 0.0120. The highest BCUT2D eigenvalue weighted by Crippen LogP contribution is 2.13. The van der Waals surface area contributed by atoms with Crippen molar-refractivity contribution >= 4 is 0 Å². The Morgan fingerprint density at radius 1 is 0.622 bits per heavy atom. The molecule has 0 N–H and O–H groups in total. The molecule has 0 unspecified atom stereocenters. The molecular formula is C33H56O4. The van der Waals surface area contributed by atoms with Gasteiger partial charge in [0.25, 0.3) is 0 Å². The molecule has 4 nitrogen and oxygen atoms in total. The molecule has 0 saturated carbocycles. The third-order valence-electron chi connectivity index (χ3n) is 6.64. The van der Waals surface area contributed by atoms with E-state index >= 15 is 0 Å². The fourth-order valence-corrected chi connectivity index (χ4v) is 4.29. The first-order chi connectivity index (χ1) is 18.3. The van der Waals surface area contributed by atoms with Gasteiger partial charge in [-0.15, -0.1) is 13.2 Å². The number of benzene rings is 1. The smallest absolute Gasteiger partial charge is 0.118 e. The zero-order chi connectivity index (χ0) is 26.7. The Hall–Kier alpha value is -1.62. The average Bonchev–Trinajstić information content (AvgIpc) is 2.92. The number of allylic oxidation sites excluding steroid dienone is 2. The lowest BCUT2D eigenvalue weighted by molar-refractivity contribution is -0.0645. The second-order valence-corrected chi connectivity index (χ2v) is 10.0. The van der Waals surface area contributed by atoms with Crippen LogP contribution >= 0.6 is 0 Å². The number of hydrogen-bond donors (Lipinski definition) is 0. The highest BCUT2D eigenvalue weighted by Gasteiger charge is 2.10. The molecule has 0 saturated heterocycles. The van der Waals surface area contributed by atoms with Gasteiger partial charge in [0, 0.05) is 13.2 Å². The van der Waals surface area contributed by atoms with E-state index in [2.05, 4.69) is 13.2 Å². The zero-order valence-electron chi connectivity index (χ0n) is 23.9. The summed E-state index contributed by atoms with van der Waals surface area (Å²) in [5.74, 6) is 0.864. The van der Waals surface area contributed by atoms with Crippen LogP contribution in [0.4, 0.5) is 0 Å². The Labute approximate surface area is 228 Å². The second-order valence-electron chi connectivity index (χ2n) is 10.0. The zero-order valence-corrected chi connectivity index (χ0v) is 23.9. The monoisotopic (exact) mass is 516 g/mol. The first kappa shape index (κ1) is 33.4. The fourth-order valence-electron chi connectivity index (χ4n) is 4.29. The predicted octanol–water partition coefficient (Wildman–Crippen LogP) is 9.23. The summed E-state index contributed by atoms with van der Waals surface area (Å²) in [5, 5.41) is 0. The van der Waals surface area contributed by atoms with Gasteiger partial charge in [0.15, 0.2) is 0 Å². The standard InChI is InChI=1S/C33H56O4/c1-4-6-8-10-12-14-16-18-20-26-35-29-33(30-36-28-31-22-24-32(34-3)25-23-31)37-27-21-19-17-15-13-11-9-7-5-2/h4-5,22-25,33H,1-2,6-21,26-30H2,3H3/t33-/m1/s1. The number of methoxy groups -OCH3 is 1. The van der Waals surface area contributed by atoms with E-state index in [0.717, 1.165) is 50.2 Å². The molecule has 1 aromatic rings. The van der Waals surface area contributed by atoms with Crippen LogP contribution in [0.5, 0.6) is 5.75 Å². The number of rotatable bonds is 28. The summed E-state index contributed by atoms with van der Waals surface area (Å²) >= 11 is 0. The van der Waals surface area contributed by atoms with Crippen molar-refractivity contribution < 1.29 is 18.9 Å². The lowest BCUT2D eigenvalue weighted by Gasteiger charge is -2.18. The van der Waals surface area contributed by atoms with Gasteiger partial charge in [-0.25, -0.2) is 0 Å². The number of ether oxygens (including phenoxy) is 4. The van der Waals surface area contributed by atoms with Gasteiger partial charge in [-0.3, -0.25) is 0 Å². The molecule has 1 rings (SSSR count). The molecule has 0 radical (unpaired) electrons. The molecule has 0 heterocycles. The SMILES string of the molecule is C=CCCCCCCCCCOC[C@H](COCc1ccc(OC)cc1)OCCCCCCCCCC=C. The summed E-state index contributed by atoms with van der Waals surface area (Å²) in [7, 11) is 1.68. The van der Waals surface area contributed by atoms with Crippen LogP contribution in [-0.2, 0) is 20.8 Å². The minimum Gasteiger partial charge on any atom is -0.497 e. The maximum atomic E-state index is 6.18. The molecule has 0 aliphatic heterocycles. The van der Waals surface area contributed by atoms with Crippen LogP contribution in [0.25, 0.3) is 0 Å². The second kappa shape index (κ2) is 26.0. The summed E-state index contributed by atoms with van der Waals surface area (Å²) in [6.45, 7) is 10.9. The molecule has 0 aromatic heterocycles. The molecule has 0 fully saturated rings. The molecule has 0 spiro atoms. The van der Waals surface area contributed by atoms with E-state index in [4.69, 9.17) is 18.9 Å². The average molecular weight is 517 g/mol. The Kier molecular flexibility index (Phi) is 23.5. The normalized spacial score (nSPS) is 11.9. The molecule has 0 aliphatic carbocycles. The van der Waals surface area contributed by atoms with Gasteiger partial charge in [-0.1, -0.05) is 88.5 Å². The van der Waals surface area contributed by atoms with E-state index in [1.165, 1.54) is 77.0 Å². The molecule has 212 valence electrons. The lowest BCUT2D eigenvalue weighted by Crippen LogP contribution is -2.26. The third kappa shape index (κ3) is 21.1. The third-order valence-corrected chi connectivity index (χ3v) is 6.64. The van der Waals surface area contributed by atoms with E-state index < -0.39 is 0 Å². The Balaban J connectivity index is 2.19. The molecule has 0 amide bonds. The van der Waals surface area contributed by atoms with E-state index in [1.807, 2.05) is 36.4 Å². The fraction of sp³-hybridized carbons (Fsp3) is 0.697. The molecule has 1 atom stereocenters. The highest BCUT2D eigenvalue weighted by atomic mass is 16.6. The summed E-state index contributed by atoms with van der Waals surface area (Å²) < 4.78 is 23.4. The van der Waals surface area contributed by atoms with E-state index in [9.17, 15) is 0 Å². The Morgan fingerprint density at radius 3 is 1.65 bits per heavy atom. The van der Waals surface area contributed by atoms with E-state index in [1.54, 1.807) is 7.11 Å². The molecular weight excluding hydrogens is 460 g/mol. The van der Waals surface area contributed by atoms with Gasteiger partial charge in [-0.05, 0) is 56.2 Å². The van der Waals surface area contributed by atoms with Crippen LogP contribution < -0.4 is 4.74 Å². The van der Waals surface area contributed by atoms with Gasteiger partial charge >= 0.3 is 0 Å². The molecule has 0 bridgehead atoms. The summed E-state index contributed by atoms with van der Waals surface area (Å²) in [6, 6.07) is 8.02. The van der Waals surface area contributed by atoms with Crippen LogP contribution in [-0.4, -0.2) is 39.6 Å². The number of hydrogen-bond acceptors (Lipinski definition) is 4. The van der Waals surface area contributed by atoms with Crippen LogP contribution in [0.15, 0.2) is 49.6 Å². The molecule has 4 heteroatoms. The lowest BCUT2D eigenvalue weighted by atomic mass is 10.1. The van der Waals surface area contributed by atoms with Crippen molar-refractivity contribution in [2.75, 3.05) is 33.5 Å². The van der Waals surface area contributed by atoms with Gasteiger partial charge < -0.3 is 18.9 Å². The van der Waals surface area contributed by atoms with E-state index in [-0.39, 0.29) is 6.10 Å². The minimum atomic E-state index is -0.0120. The molecule has 37 heavy (non-hydrogen) atoms. The summed E-state index contributed by atoms with van der Waals surface area (Å²) in [4.78, 5) is 0. The van der Waals surface area contributed by atoms with Crippen molar-refractivity contribution in [1.29, 1.82) is 0 Å². The van der Waals surface area contributed by atoms with Crippen LogP contribution in [0, 0.1) is 0 Å². The van der Waals surface area contributed by atoms with Crippen molar-refractivity contribution in [3.05, 3.63) is 55.1 Å². The van der Waals surface area contributed by atoms with Crippen LogP contribution in [0.1, 0.15) is 108 Å². The van der Waals surface area contributed by atoms with E-state index in [0.29, 0.717) is 19.8 Å². The summed E-state index contributed by atoms with van der Waals surface area (Å²) in [5.41, 5.74) is 1.14. The maximum Gasteiger partial charge on any atom is 0.118 e. The highest BCUT2D eigenvalue weighted by molar-refractivity contribution is 5.26. The topological polar surface area (TPSA) is 36.9 Å². The van der Waals surface area contributed by atoms with Crippen molar-refractivity contribution in [3.63, 3.8) is 0 Å².